The van der Waals surface area contributed by atoms with Gasteiger partial charge in [-0.05, 0) is 12.0 Å². The number of hydrogen-bond donors (Lipinski definition) is 2. The molecule has 0 aliphatic heterocycles. The molecule has 134 valence electrons. The second-order valence-electron chi connectivity index (χ2n) is 5.55. The number of sulfonamides is 1. The summed E-state index contributed by atoms with van der Waals surface area (Å²) >= 11 is 0. The smallest absolute Gasteiger partial charge is 0.224 e. The highest BCUT2D eigenvalue weighted by atomic mass is 32.2. The highest BCUT2D eigenvalue weighted by molar-refractivity contribution is 7.88. The van der Waals surface area contributed by atoms with Gasteiger partial charge in [0, 0.05) is 33.1 Å². The van der Waals surface area contributed by atoms with Crippen LogP contribution in [0, 0.1) is 0 Å². The van der Waals surface area contributed by atoms with Crippen molar-refractivity contribution in [3.05, 3.63) is 35.9 Å². The second kappa shape index (κ2) is 10.0. The summed E-state index contributed by atoms with van der Waals surface area (Å²) in [6.07, 6.45) is 2.17. The van der Waals surface area contributed by atoms with Crippen molar-refractivity contribution in [1.82, 2.24) is 14.9 Å². The summed E-state index contributed by atoms with van der Waals surface area (Å²) < 4.78 is 23.6. The van der Waals surface area contributed by atoms with Crippen molar-refractivity contribution < 1.29 is 18.0 Å². The van der Waals surface area contributed by atoms with E-state index in [1.54, 1.807) is 0 Å². The van der Waals surface area contributed by atoms with E-state index in [1.165, 1.54) is 11.4 Å². The molecule has 1 rings (SSSR count). The van der Waals surface area contributed by atoms with Crippen LogP contribution in [0.15, 0.2) is 30.3 Å². The largest absolute Gasteiger partial charge is 0.356 e. The molecule has 24 heavy (non-hydrogen) atoms. The van der Waals surface area contributed by atoms with Crippen molar-refractivity contribution in [3.63, 3.8) is 0 Å². The number of amides is 2. The van der Waals surface area contributed by atoms with Crippen LogP contribution in [-0.2, 0) is 26.0 Å². The SMILES string of the molecule is CN(CCCNC(=O)CCNC(=O)Cc1ccccc1)S(C)(=O)=O. The lowest BCUT2D eigenvalue weighted by Gasteiger charge is -2.13. The maximum absolute atomic E-state index is 11.7. The molecule has 0 spiro atoms. The molecule has 0 aliphatic rings. The molecule has 2 amide bonds. The van der Waals surface area contributed by atoms with Crippen LogP contribution in [0.25, 0.3) is 0 Å². The van der Waals surface area contributed by atoms with Crippen LogP contribution in [0.1, 0.15) is 18.4 Å². The monoisotopic (exact) mass is 355 g/mol. The zero-order chi connectivity index (χ0) is 18.0. The topological polar surface area (TPSA) is 95.6 Å². The lowest BCUT2D eigenvalue weighted by atomic mass is 10.1. The van der Waals surface area contributed by atoms with Gasteiger partial charge >= 0.3 is 0 Å². The molecule has 0 unspecified atom stereocenters. The molecule has 2 N–H and O–H groups in total. The molecular formula is C16H25N3O4S. The average molecular weight is 355 g/mol. The molecule has 0 saturated heterocycles. The van der Waals surface area contributed by atoms with Gasteiger partial charge in [-0.3, -0.25) is 9.59 Å². The van der Waals surface area contributed by atoms with Gasteiger partial charge in [-0.1, -0.05) is 30.3 Å². The van der Waals surface area contributed by atoms with Gasteiger partial charge < -0.3 is 10.6 Å². The van der Waals surface area contributed by atoms with Gasteiger partial charge in [-0.2, -0.15) is 0 Å². The van der Waals surface area contributed by atoms with Crippen LogP contribution in [0.3, 0.4) is 0 Å². The minimum Gasteiger partial charge on any atom is -0.356 e. The molecule has 7 nitrogen and oxygen atoms in total. The first-order valence-corrected chi connectivity index (χ1v) is 9.62. The number of hydrogen-bond acceptors (Lipinski definition) is 4. The first-order chi connectivity index (χ1) is 11.3. The van der Waals surface area contributed by atoms with Gasteiger partial charge in [0.1, 0.15) is 0 Å². The third-order valence-electron chi connectivity index (χ3n) is 3.42. The van der Waals surface area contributed by atoms with Crippen LogP contribution in [0.4, 0.5) is 0 Å². The number of benzene rings is 1. The van der Waals surface area contributed by atoms with Crippen molar-refractivity contribution in [2.75, 3.05) is 32.9 Å². The van der Waals surface area contributed by atoms with Crippen LogP contribution in [0.2, 0.25) is 0 Å². The Kier molecular flexibility index (Phi) is 8.42. The highest BCUT2D eigenvalue weighted by Gasteiger charge is 2.10. The minimum absolute atomic E-state index is 0.122. The summed E-state index contributed by atoms with van der Waals surface area (Å²) in [7, 11) is -1.68. The van der Waals surface area contributed by atoms with Gasteiger partial charge in [-0.25, -0.2) is 12.7 Å². The van der Waals surface area contributed by atoms with E-state index in [2.05, 4.69) is 10.6 Å². The van der Waals surface area contributed by atoms with Crippen LogP contribution in [0.5, 0.6) is 0 Å². The minimum atomic E-state index is -3.18. The Morgan fingerprint density at radius 3 is 2.29 bits per heavy atom. The number of carbonyl (C=O) groups excluding carboxylic acids is 2. The van der Waals surface area contributed by atoms with Crippen molar-refractivity contribution >= 4 is 21.8 Å². The Balaban J connectivity index is 2.10. The standard InChI is InChI=1S/C16H25N3O4S/c1-19(24(2,22)23)12-6-10-17-15(20)9-11-18-16(21)13-14-7-4-3-5-8-14/h3-5,7-8H,6,9-13H2,1-2H3,(H,17,20)(H,18,21). The Labute approximate surface area is 143 Å². The first kappa shape index (κ1) is 20.1. The van der Waals surface area contributed by atoms with Gasteiger partial charge in [0.25, 0.3) is 0 Å². The third kappa shape index (κ3) is 8.64. The number of nitrogens with zero attached hydrogens (tertiary/aromatic N) is 1. The van der Waals surface area contributed by atoms with E-state index in [-0.39, 0.29) is 24.8 Å². The molecule has 0 heterocycles. The average Bonchev–Trinajstić information content (AvgIpc) is 2.51. The number of carbonyl (C=O) groups is 2. The molecule has 1 aromatic carbocycles. The van der Waals surface area contributed by atoms with Crippen molar-refractivity contribution in [3.8, 4) is 0 Å². The Morgan fingerprint density at radius 1 is 1.04 bits per heavy atom. The molecule has 0 bridgehead atoms. The predicted molar refractivity (Wildman–Crippen MR) is 92.9 cm³/mol. The summed E-state index contributed by atoms with van der Waals surface area (Å²) in [6, 6.07) is 9.38. The van der Waals surface area contributed by atoms with E-state index in [0.29, 0.717) is 25.9 Å². The molecule has 0 atom stereocenters. The van der Waals surface area contributed by atoms with E-state index in [9.17, 15) is 18.0 Å². The van der Waals surface area contributed by atoms with E-state index < -0.39 is 10.0 Å². The zero-order valence-corrected chi connectivity index (χ0v) is 14.9. The molecule has 0 aromatic heterocycles. The zero-order valence-electron chi connectivity index (χ0n) is 14.1. The van der Waals surface area contributed by atoms with Crippen molar-refractivity contribution in [2.24, 2.45) is 0 Å². The van der Waals surface area contributed by atoms with Gasteiger partial charge in [0.15, 0.2) is 0 Å². The van der Waals surface area contributed by atoms with Crippen LogP contribution < -0.4 is 10.6 Å². The fourth-order valence-electron chi connectivity index (χ4n) is 1.94. The van der Waals surface area contributed by atoms with E-state index in [4.69, 9.17) is 0 Å². The molecule has 0 saturated carbocycles. The summed E-state index contributed by atoms with van der Waals surface area (Å²) in [4.78, 5) is 23.3. The van der Waals surface area contributed by atoms with Crippen molar-refractivity contribution in [1.29, 1.82) is 0 Å². The summed E-state index contributed by atoms with van der Waals surface area (Å²) in [5, 5.41) is 5.40. The fourth-order valence-corrected chi connectivity index (χ4v) is 2.40. The first-order valence-electron chi connectivity index (χ1n) is 7.77. The normalized spacial score (nSPS) is 11.3. The summed E-state index contributed by atoms with van der Waals surface area (Å²) in [6.45, 7) is 1.03. The maximum Gasteiger partial charge on any atom is 0.224 e. The Bertz CT molecular complexity index is 632. The number of nitrogens with one attached hydrogen (secondary N) is 2. The van der Waals surface area contributed by atoms with Crippen LogP contribution >= 0.6 is 0 Å². The maximum atomic E-state index is 11.7. The molecule has 1 aromatic rings. The van der Waals surface area contributed by atoms with Crippen molar-refractivity contribution in [2.45, 2.75) is 19.3 Å². The molecule has 0 fully saturated rings. The van der Waals surface area contributed by atoms with Gasteiger partial charge in [0.2, 0.25) is 21.8 Å². The predicted octanol–water partition coefficient (Wildman–Crippen LogP) is 0.133. The Hall–Kier alpha value is -1.93. The number of rotatable bonds is 10. The quantitative estimate of drug-likeness (QED) is 0.583. The lowest BCUT2D eigenvalue weighted by molar-refractivity contribution is -0.122. The summed E-state index contributed by atoms with van der Waals surface area (Å²) in [5.74, 6) is -0.291. The second-order valence-corrected chi connectivity index (χ2v) is 7.64. The molecule has 0 radical (unpaired) electrons. The molecular weight excluding hydrogens is 330 g/mol. The van der Waals surface area contributed by atoms with Gasteiger partial charge in [-0.15, -0.1) is 0 Å². The fraction of sp³-hybridized carbons (Fsp3) is 0.500. The van der Waals surface area contributed by atoms with E-state index in [1.807, 2.05) is 30.3 Å². The molecule has 8 heteroatoms. The lowest BCUT2D eigenvalue weighted by Crippen LogP contribution is -2.33. The van der Waals surface area contributed by atoms with Gasteiger partial charge in [0.05, 0.1) is 12.7 Å². The van der Waals surface area contributed by atoms with E-state index in [0.717, 1.165) is 11.8 Å². The molecule has 0 aliphatic carbocycles. The third-order valence-corrected chi connectivity index (χ3v) is 4.73. The summed E-state index contributed by atoms with van der Waals surface area (Å²) in [5.41, 5.74) is 0.925. The van der Waals surface area contributed by atoms with Crippen LogP contribution in [-0.4, -0.2) is 57.5 Å². The van der Waals surface area contributed by atoms with E-state index >= 15 is 0 Å². The Morgan fingerprint density at radius 2 is 1.67 bits per heavy atom. The highest BCUT2D eigenvalue weighted by Crippen LogP contribution is 1.99.